The van der Waals surface area contributed by atoms with Gasteiger partial charge < -0.3 is 24.9 Å². The van der Waals surface area contributed by atoms with E-state index in [9.17, 15) is 24.0 Å². The Bertz CT molecular complexity index is 2020. The van der Waals surface area contributed by atoms with Gasteiger partial charge in [-0.1, -0.05) is 11.6 Å². The van der Waals surface area contributed by atoms with Gasteiger partial charge in [0, 0.05) is 101 Å². The molecule has 0 saturated carbocycles. The number of imide groups is 1. The predicted molar refractivity (Wildman–Crippen MR) is 221 cm³/mol. The van der Waals surface area contributed by atoms with Crippen molar-refractivity contribution in [2.24, 2.45) is 11.3 Å². The number of piperazine rings is 1. The number of nitriles is 1. The third kappa shape index (κ3) is 8.56. The molecule has 5 aliphatic heterocycles. The molecule has 5 saturated heterocycles. The standard InChI is InChI=1S/C44H52ClFN8O3/c1-30-26-44(29-54(30)36-8-4-33(27-47)37(45)25-36)14-18-51(19-15-44)35-6-2-32(3-7-35)43(57)53-16-12-31(13-17-53)28-50-20-22-52(23-21-50)40-24-34(5-9-38(40)46)48-39-10-11-41(55)49-42(39)56/h2-9,24-25,30-31,39,48H,10-23,26,28-29H2,1H3,(H,49,55,56)/t30-,39-/m0/s1. The molecule has 1 spiro atoms. The molecule has 3 aromatic rings. The van der Waals surface area contributed by atoms with Crippen LogP contribution in [0, 0.1) is 28.5 Å². The van der Waals surface area contributed by atoms with Gasteiger partial charge in [0.1, 0.15) is 17.9 Å². The number of hydrogen-bond acceptors (Lipinski definition) is 9. The second kappa shape index (κ2) is 16.5. The van der Waals surface area contributed by atoms with Crippen molar-refractivity contribution in [2.45, 2.75) is 64.0 Å². The van der Waals surface area contributed by atoms with Crippen LogP contribution in [0.15, 0.2) is 60.7 Å². The van der Waals surface area contributed by atoms with Crippen LogP contribution in [0.4, 0.5) is 27.1 Å². The smallest absolute Gasteiger partial charge is 0.253 e. The Kier molecular flexibility index (Phi) is 11.3. The molecule has 11 nitrogen and oxygen atoms in total. The quantitative estimate of drug-likeness (QED) is 0.260. The van der Waals surface area contributed by atoms with Crippen molar-refractivity contribution >= 4 is 52.1 Å². The third-order valence-corrected chi connectivity index (χ3v) is 13.4. The number of benzene rings is 3. The molecule has 2 atom stereocenters. The summed E-state index contributed by atoms with van der Waals surface area (Å²) in [4.78, 5) is 48.7. The summed E-state index contributed by atoms with van der Waals surface area (Å²) >= 11 is 6.38. The van der Waals surface area contributed by atoms with E-state index in [-0.39, 0.29) is 35.4 Å². The second-order valence-corrected chi connectivity index (χ2v) is 17.2. The number of amides is 3. The van der Waals surface area contributed by atoms with Crippen LogP contribution in [0.25, 0.3) is 0 Å². The van der Waals surface area contributed by atoms with E-state index in [0.29, 0.717) is 53.4 Å². The van der Waals surface area contributed by atoms with Gasteiger partial charge >= 0.3 is 0 Å². The van der Waals surface area contributed by atoms with Crippen molar-refractivity contribution in [1.29, 1.82) is 5.26 Å². The molecule has 13 heteroatoms. The summed E-state index contributed by atoms with van der Waals surface area (Å²) < 4.78 is 15.0. The fraction of sp³-hybridized carbons (Fsp3) is 0.500. The van der Waals surface area contributed by atoms with Gasteiger partial charge in [0.15, 0.2) is 0 Å². The molecule has 3 aromatic carbocycles. The van der Waals surface area contributed by atoms with E-state index in [1.165, 1.54) is 11.8 Å². The molecule has 5 fully saturated rings. The van der Waals surface area contributed by atoms with Crippen molar-refractivity contribution in [3.63, 3.8) is 0 Å². The van der Waals surface area contributed by atoms with Gasteiger partial charge in [-0.25, -0.2) is 4.39 Å². The van der Waals surface area contributed by atoms with Crippen LogP contribution in [0.2, 0.25) is 5.02 Å². The van der Waals surface area contributed by atoms with E-state index >= 15 is 0 Å². The fourth-order valence-corrected chi connectivity index (χ4v) is 9.99. The highest BCUT2D eigenvalue weighted by Crippen LogP contribution is 2.46. The summed E-state index contributed by atoms with van der Waals surface area (Å²) in [6.45, 7) is 10.8. The largest absolute Gasteiger partial charge is 0.374 e. The van der Waals surface area contributed by atoms with Crippen LogP contribution in [0.1, 0.15) is 67.8 Å². The second-order valence-electron chi connectivity index (χ2n) is 16.8. The zero-order valence-corrected chi connectivity index (χ0v) is 33.4. The van der Waals surface area contributed by atoms with E-state index < -0.39 is 6.04 Å². The average molecular weight is 795 g/mol. The molecule has 0 aromatic heterocycles. The lowest BCUT2D eigenvalue weighted by molar-refractivity contribution is -0.133. The number of piperidine rings is 3. The van der Waals surface area contributed by atoms with Gasteiger partial charge in [0.2, 0.25) is 11.8 Å². The molecular formula is C44H52ClFN8O3. The molecular weight excluding hydrogens is 743 g/mol. The molecule has 57 heavy (non-hydrogen) atoms. The summed E-state index contributed by atoms with van der Waals surface area (Å²) in [6.07, 6.45) is 6.00. The lowest BCUT2D eigenvalue weighted by Gasteiger charge is -2.40. The molecule has 0 radical (unpaired) electrons. The first-order valence-corrected chi connectivity index (χ1v) is 20.9. The summed E-state index contributed by atoms with van der Waals surface area (Å²) in [5.74, 6) is -0.285. The van der Waals surface area contributed by atoms with Crippen molar-refractivity contribution < 1.29 is 18.8 Å². The molecule has 300 valence electrons. The Labute approximate surface area is 339 Å². The Balaban J connectivity index is 0.770. The number of hydrogen-bond donors (Lipinski definition) is 2. The highest BCUT2D eigenvalue weighted by Gasteiger charge is 2.44. The van der Waals surface area contributed by atoms with Crippen molar-refractivity contribution in [3.05, 3.63) is 82.6 Å². The number of likely N-dealkylation sites (tertiary alicyclic amines) is 1. The number of anilines is 4. The van der Waals surface area contributed by atoms with E-state index in [0.717, 1.165) is 95.7 Å². The summed E-state index contributed by atoms with van der Waals surface area (Å²) in [6, 6.07) is 20.9. The minimum Gasteiger partial charge on any atom is -0.374 e. The normalized spacial score (nSPS) is 23.1. The topological polar surface area (TPSA) is 115 Å². The number of carbonyl (C=O) groups is 3. The number of rotatable bonds is 8. The molecule has 0 unspecified atom stereocenters. The van der Waals surface area contributed by atoms with Gasteiger partial charge in [-0.2, -0.15) is 5.26 Å². The lowest BCUT2D eigenvalue weighted by Crippen LogP contribution is -2.49. The highest BCUT2D eigenvalue weighted by molar-refractivity contribution is 6.32. The van der Waals surface area contributed by atoms with Crippen LogP contribution in [0.3, 0.4) is 0 Å². The van der Waals surface area contributed by atoms with E-state index in [4.69, 9.17) is 11.6 Å². The first-order valence-electron chi connectivity index (χ1n) is 20.5. The Hall–Kier alpha value is -4.86. The Morgan fingerprint density at radius 1 is 0.912 bits per heavy atom. The minimum atomic E-state index is -0.516. The zero-order valence-electron chi connectivity index (χ0n) is 32.7. The minimum absolute atomic E-state index is 0.102. The van der Waals surface area contributed by atoms with Gasteiger partial charge in [0.25, 0.3) is 5.91 Å². The third-order valence-electron chi connectivity index (χ3n) is 13.1. The molecule has 5 aliphatic rings. The number of halogens is 2. The first-order chi connectivity index (χ1) is 27.6. The first kappa shape index (κ1) is 39.0. The lowest BCUT2D eigenvalue weighted by atomic mass is 9.76. The number of carbonyl (C=O) groups excluding carboxylic acids is 3. The molecule has 8 rings (SSSR count). The Morgan fingerprint density at radius 2 is 1.63 bits per heavy atom. The van der Waals surface area contributed by atoms with Crippen LogP contribution >= 0.6 is 11.6 Å². The van der Waals surface area contributed by atoms with Gasteiger partial charge in [-0.15, -0.1) is 0 Å². The van der Waals surface area contributed by atoms with E-state index in [1.807, 2.05) is 35.2 Å². The molecule has 0 bridgehead atoms. The fourth-order valence-electron chi connectivity index (χ4n) is 9.77. The van der Waals surface area contributed by atoms with Gasteiger partial charge in [-0.3, -0.25) is 24.6 Å². The monoisotopic (exact) mass is 794 g/mol. The number of nitrogens with zero attached hydrogens (tertiary/aromatic N) is 6. The number of nitrogens with one attached hydrogen (secondary N) is 2. The maximum atomic E-state index is 15.0. The van der Waals surface area contributed by atoms with E-state index in [2.05, 4.69) is 55.4 Å². The molecule has 0 aliphatic carbocycles. The van der Waals surface area contributed by atoms with Crippen LogP contribution in [0.5, 0.6) is 0 Å². The maximum absolute atomic E-state index is 15.0. The molecule has 2 N–H and O–H groups in total. The summed E-state index contributed by atoms with van der Waals surface area (Å²) in [5.41, 5.74) is 4.96. The molecule has 3 amide bonds. The van der Waals surface area contributed by atoms with Crippen LogP contribution < -0.4 is 25.3 Å². The van der Waals surface area contributed by atoms with Crippen molar-refractivity contribution in [3.8, 4) is 6.07 Å². The summed E-state index contributed by atoms with van der Waals surface area (Å²) in [7, 11) is 0. The predicted octanol–water partition coefficient (Wildman–Crippen LogP) is 6.13. The van der Waals surface area contributed by atoms with Gasteiger partial charge in [-0.05, 0) is 117 Å². The maximum Gasteiger partial charge on any atom is 0.253 e. The average Bonchev–Trinajstić information content (AvgIpc) is 3.55. The van der Waals surface area contributed by atoms with Crippen LogP contribution in [-0.4, -0.2) is 105 Å². The SMILES string of the molecule is C[C@H]1CC2(CCN(c3ccc(C(=O)N4CCC(CN5CCN(c6cc(N[C@H]7CCC(=O)NC7=O)ccc6F)CC5)CC4)cc3)CC2)CN1c1ccc(C#N)c(Cl)c1. The molecule has 5 heterocycles. The Morgan fingerprint density at radius 3 is 2.32 bits per heavy atom. The van der Waals surface area contributed by atoms with Crippen LogP contribution in [-0.2, 0) is 9.59 Å². The zero-order chi connectivity index (χ0) is 39.7. The van der Waals surface area contributed by atoms with Gasteiger partial charge in [0.05, 0.1) is 16.3 Å². The summed E-state index contributed by atoms with van der Waals surface area (Å²) in [5, 5.41) is 15.3. The van der Waals surface area contributed by atoms with Crippen molar-refractivity contribution in [1.82, 2.24) is 15.1 Å². The highest BCUT2D eigenvalue weighted by atomic mass is 35.5. The van der Waals surface area contributed by atoms with Crippen molar-refractivity contribution in [2.75, 3.05) is 85.5 Å². The van der Waals surface area contributed by atoms with E-state index in [1.54, 1.807) is 12.1 Å².